The molecule has 1 amide bonds. The van der Waals surface area contributed by atoms with Gasteiger partial charge >= 0.3 is 0 Å². The van der Waals surface area contributed by atoms with Crippen molar-refractivity contribution in [2.45, 2.75) is 0 Å². The van der Waals surface area contributed by atoms with Crippen molar-refractivity contribution in [2.75, 3.05) is 19.0 Å². The third-order valence-corrected chi connectivity index (χ3v) is 4.17. The van der Waals surface area contributed by atoms with Gasteiger partial charge in [0, 0.05) is 10.9 Å². The van der Waals surface area contributed by atoms with Crippen molar-refractivity contribution in [2.24, 2.45) is 5.10 Å². The molecule has 0 radical (unpaired) electrons. The van der Waals surface area contributed by atoms with Crippen LogP contribution in [0.25, 0.3) is 10.8 Å². The number of ether oxygens (including phenoxy) is 1. The highest BCUT2D eigenvalue weighted by molar-refractivity contribution is 6.33. The van der Waals surface area contributed by atoms with Crippen molar-refractivity contribution in [3.05, 3.63) is 71.2 Å². The molecule has 3 aromatic carbocycles. The maximum absolute atomic E-state index is 11.9. The summed E-state index contributed by atoms with van der Waals surface area (Å²) in [4.78, 5) is 11.9. The minimum Gasteiger partial charge on any atom is -0.496 e. The number of fused-ring (bicyclic) bond motifs is 1. The molecule has 5 nitrogen and oxygen atoms in total. The normalized spacial score (nSPS) is 10.8. The quantitative estimate of drug-likeness (QED) is 0.510. The first-order valence-corrected chi connectivity index (χ1v) is 8.43. The molecular weight excluding hydrogens is 350 g/mol. The fourth-order valence-corrected chi connectivity index (χ4v) is 2.78. The van der Waals surface area contributed by atoms with Crippen LogP contribution in [0.3, 0.4) is 0 Å². The van der Waals surface area contributed by atoms with Gasteiger partial charge in [0.25, 0.3) is 5.91 Å². The minimum atomic E-state index is -0.265. The number of hydrogen-bond acceptors (Lipinski definition) is 4. The Labute approximate surface area is 156 Å². The monoisotopic (exact) mass is 367 g/mol. The lowest BCUT2D eigenvalue weighted by atomic mass is 10.0. The molecule has 0 atom stereocenters. The van der Waals surface area contributed by atoms with E-state index in [9.17, 15) is 4.79 Å². The number of hydrogen-bond donors (Lipinski definition) is 2. The first-order chi connectivity index (χ1) is 12.7. The van der Waals surface area contributed by atoms with Crippen LogP contribution >= 0.6 is 11.6 Å². The summed E-state index contributed by atoms with van der Waals surface area (Å²) in [5.41, 5.74) is 4.10. The summed E-state index contributed by atoms with van der Waals surface area (Å²) in [6, 6.07) is 18.9. The molecule has 3 aromatic rings. The van der Waals surface area contributed by atoms with E-state index in [1.807, 2.05) is 54.6 Å². The summed E-state index contributed by atoms with van der Waals surface area (Å²) >= 11 is 6.04. The highest BCUT2D eigenvalue weighted by Gasteiger charge is 2.05. The molecule has 0 bridgehead atoms. The SMILES string of the molecule is COc1ccc(/C=N\NC(=O)CNc2ccccc2Cl)c2ccccc12. The van der Waals surface area contributed by atoms with Gasteiger partial charge in [-0.15, -0.1) is 0 Å². The number of carbonyl (C=O) groups excluding carboxylic acids is 1. The van der Waals surface area contributed by atoms with Crippen LogP contribution in [-0.2, 0) is 4.79 Å². The Balaban J connectivity index is 1.64. The number of para-hydroxylation sites is 1. The predicted octanol–water partition coefficient (Wildman–Crippen LogP) is 4.06. The third-order valence-electron chi connectivity index (χ3n) is 3.84. The van der Waals surface area contributed by atoms with Crippen LogP contribution in [0, 0.1) is 0 Å². The maximum Gasteiger partial charge on any atom is 0.259 e. The average Bonchev–Trinajstić information content (AvgIpc) is 2.67. The van der Waals surface area contributed by atoms with Crippen molar-refractivity contribution < 1.29 is 9.53 Å². The molecule has 0 aliphatic carbocycles. The van der Waals surface area contributed by atoms with E-state index in [1.54, 1.807) is 19.4 Å². The highest BCUT2D eigenvalue weighted by atomic mass is 35.5. The second-order valence-corrected chi connectivity index (χ2v) is 5.94. The van der Waals surface area contributed by atoms with Gasteiger partial charge in [0.15, 0.2) is 0 Å². The molecule has 3 rings (SSSR count). The first kappa shape index (κ1) is 17.8. The molecule has 6 heteroatoms. The Hall–Kier alpha value is -3.05. The zero-order valence-corrected chi connectivity index (χ0v) is 15.0. The molecule has 0 aliphatic heterocycles. The fraction of sp³-hybridized carbons (Fsp3) is 0.100. The van der Waals surface area contributed by atoms with Crippen LogP contribution in [0.15, 0.2) is 65.8 Å². The molecule has 132 valence electrons. The van der Waals surface area contributed by atoms with Gasteiger partial charge in [0.2, 0.25) is 0 Å². The number of hydrazone groups is 1. The number of nitrogens with zero attached hydrogens (tertiary/aromatic N) is 1. The van der Waals surface area contributed by atoms with E-state index in [2.05, 4.69) is 15.8 Å². The van der Waals surface area contributed by atoms with Gasteiger partial charge in [-0.3, -0.25) is 4.79 Å². The summed E-state index contributed by atoms with van der Waals surface area (Å²) in [6.45, 7) is 0.0738. The lowest BCUT2D eigenvalue weighted by Gasteiger charge is -2.08. The van der Waals surface area contributed by atoms with Crippen LogP contribution < -0.4 is 15.5 Å². The predicted molar refractivity (Wildman–Crippen MR) is 106 cm³/mol. The average molecular weight is 368 g/mol. The Kier molecular flexibility index (Phi) is 5.71. The van der Waals surface area contributed by atoms with E-state index in [-0.39, 0.29) is 12.5 Å². The van der Waals surface area contributed by atoms with Crippen LogP contribution in [0.2, 0.25) is 5.02 Å². The number of methoxy groups -OCH3 is 1. The lowest BCUT2D eigenvalue weighted by molar-refractivity contribution is -0.119. The molecule has 0 saturated carbocycles. The smallest absolute Gasteiger partial charge is 0.259 e. The van der Waals surface area contributed by atoms with Gasteiger partial charge in [-0.05, 0) is 29.7 Å². The van der Waals surface area contributed by atoms with Crippen LogP contribution in [0.1, 0.15) is 5.56 Å². The molecular formula is C20H18ClN3O2. The third kappa shape index (κ3) is 4.13. The van der Waals surface area contributed by atoms with E-state index in [4.69, 9.17) is 16.3 Å². The highest BCUT2D eigenvalue weighted by Crippen LogP contribution is 2.27. The molecule has 2 N–H and O–H groups in total. The second-order valence-electron chi connectivity index (χ2n) is 5.53. The van der Waals surface area contributed by atoms with Crippen molar-refractivity contribution in [1.29, 1.82) is 0 Å². The molecule has 0 aromatic heterocycles. The van der Waals surface area contributed by atoms with Crippen molar-refractivity contribution in [3.8, 4) is 5.75 Å². The molecule has 0 unspecified atom stereocenters. The van der Waals surface area contributed by atoms with Gasteiger partial charge in [-0.1, -0.05) is 48.0 Å². The summed E-state index contributed by atoms with van der Waals surface area (Å²) < 4.78 is 5.38. The molecule has 0 aliphatic rings. The number of amides is 1. The molecule has 0 saturated heterocycles. The number of nitrogens with one attached hydrogen (secondary N) is 2. The van der Waals surface area contributed by atoms with Crippen molar-refractivity contribution in [1.82, 2.24) is 5.43 Å². The number of halogens is 1. The van der Waals surface area contributed by atoms with Crippen molar-refractivity contribution in [3.63, 3.8) is 0 Å². The first-order valence-electron chi connectivity index (χ1n) is 8.05. The zero-order chi connectivity index (χ0) is 18.4. The van der Waals surface area contributed by atoms with Gasteiger partial charge in [0.05, 0.1) is 30.6 Å². The second kappa shape index (κ2) is 8.36. The van der Waals surface area contributed by atoms with Gasteiger partial charge < -0.3 is 10.1 Å². The van der Waals surface area contributed by atoms with E-state index < -0.39 is 0 Å². The van der Waals surface area contributed by atoms with Gasteiger partial charge in [-0.2, -0.15) is 5.10 Å². The summed E-state index contributed by atoms with van der Waals surface area (Å²) in [5, 5.41) is 9.57. The topological polar surface area (TPSA) is 62.7 Å². The Morgan fingerprint density at radius 1 is 1.08 bits per heavy atom. The molecule has 0 fully saturated rings. The van der Waals surface area contributed by atoms with E-state index >= 15 is 0 Å². The van der Waals surface area contributed by atoms with Crippen molar-refractivity contribution >= 4 is 40.2 Å². The zero-order valence-electron chi connectivity index (χ0n) is 14.2. The maximum atomic E-state index is 11.9. The van der Waals surface area contributed by atoms with Crippen LogP contribution in [0.5, 0.6) is 5.75 Å². The lowest BCUT2D eigenvalue weighted by Crippen LogP contribution is -2.25. The molecule has 26 heavy (non-hydrogen) atoms. The van der Waals surface area contributed by atoms with Crippen LogP contribution in [-0.4, -0.2) is 25.8 Å². The Bertz CT molecular complexity index is 957. The van der Waals surface area contributed by atoms with Gasteiger partial charge in [-0.25, -0.2) is 5.43 Å². The Morgan fingerprint density at radius 3 is 2.58 bits per heavy atom. The van der Waals surface area contributed by atoms with E-state index in [1.165, 1.54) is 0 Å². The largest absolute Gasteiger partial charge is 0.496 e. The van der Waals surface area contributed by atoms with E-state index in [0.29, 0.717) is 10.7 Å². The standard InChI is InChI=1S/C20H18ClN3O2/c1-26-19-11-10-14(15-6-2-3-7-16(15)19)12-23-24-20(25)13-22-18-9-5-4-8-17(18)21/h2-12,22H,13H2,1H3,(H,24,25)/b23-12-. The minimum absolute atomic E-state index is 0.0738. The number of rotatable bonds is 6. The number of carbonyl (C=O) groups is 1. The molecule has 0 heterocycles. The summed E-state index contributed by atoms with van der Waals surface area (Å²) in [7, 11) is 1.64. The number of benzene rings is 3. The summed E-state index contributed by atoms with van der Waals surface area (Å²) in [5.74, 6) is 0.532. The summed E-state index contributed by atoms with van der Waals surface area (Å²) in [6.07, 6.45) is 1.62. The Morgan fingerprint density at radius 2 is 1.81 bits per heavy atom. The van der Waals surface area contributed by atoms with E-state index in [0.717, 1.165) is 22.1 Å². The fourth-order valence-electron chi connectivity index (χ4n) is 2.58. The van der Waals surface area contributed by atoms with Gasteiger partial charge in [0.1, 0.15) is 5.75 Å². The van der Waals surface area contributed by atoms with Crippen LogP contribution in [0.4, 0.5) is 5.69 Å². The number of anilines is 1. The molecule has 0 spiro atoms.